The second kappa shape index (κ2) is 3.17. The van der Waals surface area contributed by atoms with Gasteiger partial charge in [0.05, 0.1) is 0 Å². The van der Waals surface area contributed by atoms with Crippen LogP contribution in [0.4, 0.5) is 8.78 Å². The molecule has 0 bridgehead atoms. The second-order valence-electron chi connectivity index (χ2n) is 2.84. The predicted molar refractivity (Wildman–Crippen MR) is 45.9 cm³/mol. The van der Waals surface area contributed by atoms with Gasteiger partial charge >= 0.3 is 0 Å². The van der Waals surface area contributed by atoms with E-state index in [4.69, 9.17) is 0 Å². The zero-order valence-corrected chi connectivity index (χ0v) is 7.05. The molecule has 0 aromatic heterocycles. The molecule has 2 rings (SSSR count). The van der Waals surface area contributed by atoms with Crippen molar-refractivity contribution in [2.24, 2.45) is 4.99 Å². The topological polar surface area (TPSA) is 41.5 Å². The Morgan fingerprint density at radius 1 is 1.29 bits per heavy atom. The standard InChI is InChI=1S/C9H6F2N2O/c10-6-2-1-5(3-7(6)11)9-12-4-8(14)13-9/h1-3H,4H2,(H,12,13,14). The van der Waals surface area contributed by atoms with Crippen LogP contribution < -0.4 is 5.32 Å². The maximum atomic E-state index is 12.8. The molecule has 1 aromatic carbocycles. The minimum Gasteiger partial charge on any atom is -0.309 e. The zero-order chi connectivity index (χ0) is 10.1. The maximum absolute atomic E-state index is 12.8. The van der Waals surface area contributed by atoms with E-state index in [1.165, 1.54) is 6.07 Å². The number of benzene rings is 1. The zero-order valence-electron chi connectivity index (χ0n) is 7.05. The highest BCUT2D eigenvalue weighted by atomic mass is 19.2. The molecule has 0 atom stereocenters. The van der Waals surface area contributed by atoms with Gasteiger partial charge in [0.15, 0.2) is 11.6 Å². The normalized spacial score (nSPS) is 15.3. The molecule has 1 aromatic rings. The average Bonchev–Trinajstić information content (AvgIpc) is 2.57. The molecular weight excluding hydrogens is 190 g/mol. The minimum absolute atomic E-state index is 0.0360. The van der Waals surface area contributed by atoms with Crippen LogP contribution in [0.1, 0.15) is 5.56 Å². The number of halogens is 2. The number of rotatable bonds is 1. The van der Waals surface area contributed by atoms with Gasteiger partial charge in [0.1, 0.15) is 12.4 Å². The monoisotopic (exact) mass is 196 g/mol. The molecule has 1 amide bonds. The van der Waals surface area contributed by atoms with E-state index in [2.05, 4.69) is 10.3 Å². The highest BCUT2D eigenvalue weighted by Crippen LogP contribution is 2.10. The molecule has 1 aliphatic heterocycles. The third-order valence-corrected chi connectivity index (χ3v) is 1.83. The third kappa shape index (κ3) is 1.48. The van der Waals surface area contributed by atoms with E-state index in [9.17, 15) is 13.6 Å². The fraction of sp³-hybridized carbons (Fsp3) is 0.111. The number of carbonyl (C=O) groups excluding carboxylic acids is 1. The van der Waals surface area contributed by atoms with Gasteiger partial charge in [-0.1, -0.05) is 0 Å². The predicted octanol–water partition coefficient (Wildman–Crippen LogP) is 0.841. The summed E-state index contributed by atoms with van der Waals surface area (Å²) in [5.41, 5.74) is 0.370. The lowest BCUT2D eigenvalue weighted by molar-refractivity contribution is -0.117. The Balaban J connectivity index is 2.34. The summed E-state index contributed by atoms with van der Waals surface area (Å²) in [4.78, 5) is 14.6. The van der Waals surface area contributed by atoms with E-state index in [0.717, 1.165) is 12.1 Å². The van der Waals surface area contributed by atoms with Crippen LogP contribution in [0.15, 0.2) is 23.2 Å². The first-order valence-corrected chi connectivity index (χ1v) is 3.96. The van der Waals surface area contributed by atoms with Crippen LogP contribution in [0.2, 0.25) is 0 Å². The van der Waals surface area contributed by atoms with Crippen molar-refractivity contribution in [3.05, 3.63) is 35.4 Å². The van der Waals surface area contributed by atoms with Crippen LogP contribution in [0, 0.1) is 11.6 Å². The molecule has 0 spiro atoms. The SMILES string of the molecule is O=C1CN=C(c2ccc(F)c(F)c2)N1. The van der Waals surface area contributed by atoms with Crippen molar-refractivity contribution >= 4 is 11.7 Å². The van der Waals surface area contributed by atoms with Crippen molar-refractivity contribution < 1.29 is 13.6 Å². The lowest BCUT2D eigenvalue weighted by Gasteiger charge is -2.01. The minimum atomic E-state index is -0.952. The average molecular weight is 196 g/mol. The lowest BCUT2D eigenvalue weighted by atomic mass is 10.2. The van der Waals surface area contributed by atoms with Crippen molar-refractivity contribution in [3.8, 4) is 0 Å². The van der Waals surface area contributed by atoms with Crippen molar-refractivity contribution in [2.45, 2.75) is 0 Å². The van der Waals surface area contributed by atoms with Crippen LogP contribution in [0.3, 0.4) is 0 Å². The number of hydrogen-bond donors (Lipinski definition) is 1. The molecule has 1 N–H and O–H groups in total. The molecule has 0 saturated heterocycles. The molecule has 3 nitrogen and oxygen atoms in total. The van der Waals surface area contributed by atoms with Crippen LogP contribution >= 0.6 is 0 Å². The number of carbonyl (C=O) groups is 1. The number of amides is 1. The molecule has 5 heteroatoms. The van der Waals surface area contributed by atoms with E-state index in [-0.39, 0.29) is 18.3 Å². The lowest BCUT2D eigenvalue weighted by Crippen LogP contribution is -2.25. The first-order valence-electron chi connectivity index (χ1n) is 3.96. The van der Waals surface area contributed by atoms with Gasteiger partial charge in [0.2, 0.25) is 5.91 Å². The van der Waals surface area contributed by atoms with Gasteiger partial charge in [-0.3, -0.25) is 9.79 Å². The highest BCUT2D eigenvalue weighted by Gasteiger charge is 2.15. The molecule has 72 valence electrons. The van der Waals surface area contributed by atoms with E-state index in [1.807, 2.05) is 0 Å². The Labute approximate surface area is 78.5 Å². The summed E-state index contributed by atoms with van der Waals surface area (Å²) in [6.07, 6.45) is 0. The van der Waals surface area contributed by atoms with Crippen LogP contribution in [0.25, 0.3) is 0 Å². The van der Waals surface area contributed by atoms with Gasteiger partial charge in [-0.25, -0.2) is 8.78 Å². The van der Waals surface area contributed by atoms with Crippen molar-refractivity contribution in [2.75, 3.05) is 6.54 Å². The fourth-order valence-corrected chi connectivity index (χ4v) is 1.17. The summed E-state index contributed by atoms with van der Waals surface area (Å²) in [5, 5.41) is 2.44. The van der Waals surface area contributed by atoms with Crippen LogP contribution in [0.5, 0.6) is 0 Å². The van der Waals surface area contributed by atoms with Gasteiger partial charge in [-0.05, 0) is 18.2 Å². The van der Waals surface area contributed by atoms with Crippen LogP contribution in [-0.2, 0) is 4.79 Å². The van der Waals surface area contributed by atoms with Crippen LogP contribution in [-0.4, -0.2) is 18.3 Å². The Kier molecular flexibility index (Phi) is 1.99. The Bertz CT molecular complexity index is 429. The van der Waals surface area contributed by atoms with Crippen molar-refractivity contribution in [1.29, 1.82) is 0 Å². The van der Waals surface area contributed by atoms with Crippen molar-refractivity contribution in [1.82, 2.24) is 5.32 Å². The Morgan fingerprint density at radius 3 is 2.64 bits per heavy atom. The highest BCUT2D eigenvalue weighted by molar-refractivity contribution is 6.12. The fourth-order valence-electron chi connectivity index (χ4n) is 1.17. The molecule has 1 heterocycles. The number of aliphatic imine (C=N–C) groups is 1. The molecule has 0 unspecified atom stereocenters. The third-order valence-electron chi connectivity index (χ3n) is 1.83. The summed E-state index contributed by atoms with van der Waals surface area (Å²) >= 11 is 0. The molecule has 14 heavy (non-hydrogen) atoms. The van der Waals surface area contributed by atoms with Gasteiger partial charge in [-0.15, -0.1) is 0 Å². The second-order valence-corrected chi connectivity index (χ2v) is 2.84. The summed E-state index contributed by atoms with van der Waals surface area (Å²) < 4.78 is 25.3. The largest absolute Gasteiger partial charge is 0.309 e. The van der Waals surface area contributed by atoms with Gasteiger partial charge in [0.25, 0.3) is 0 Å². The number of nitrogens with one attached hydrogen (secondary N) is 1. The van der Waals surface area contributed by atoms with E-state index >= 15 is 0 Å². The Morgan fingerprint density at radius 2 is 2.07 bits per heavy atom. The van der Waals surface area contributed by atoms with Gasteiger partial charge < -0.3 is 5.32 Å². The first-order chi connectivity index (χ1) is 6.66. The van der Waals surface area contributed by atoms with Crippen molar-refractivity contribution in [3.63, 3.8) is 0 Å². The maximum Gasteiger partial charge on any atom is 0.247 e. The van der Waals surface area contributed by atoms with E-state index in [0.29, 0.717) is 5.56 Å². The number of nitrogens with zero attached hydrogens (tertiary/aromatic N) is 1. The van der Waals surface area contributed by atoms with Gasteiger partial charge in [-0.2, -0.15) is 0 Å². The quantitative estimate of drug-likeness (QED) is 0.710. The first kappa shape index (κ1) is 8.80. The summed E-state index contributed by atoms with van der Waals surface area (Å²) in [6.45, 7) is 0.0360. The van der Waals surface area contributed by atoms with E-state index in [1.54, 1.807) is 0 Å². The smallest absolute Gasteiger partial charge is 0.247 e. The molecule has 0 aliphatic carbocycles. The summed E-state index contributed by atoms with van der Waals surface area (Å²) in [5.74, 6) is -1.83. The van der Waals surface area contributed by atoms with Gasteiger partial charge in [0, 0.05) is 5.56 Å². The summed E-state index contributed by atoms with van der Waals surface area (Å²) in [7, 11) is 0. The summed E-state index contributed by atoms with van der Waals surface area (Å²) in [6, 6.07) is 3.36. The Hall–Kier alpha value is -1.78. The van der Waals surface area contributed by atoms with E-state index < -0.39 is 11.6 Å². The number of amidine groups is 1. The molecule has 1 aliphatic rings. The molecular formula is C9H6F2N2O. The molecule has 0 radical (unpaired) electrons. The molecule has 0 saturated carbocycles. The molecule has 0 fully saturated rings. The number of hydrogen-bond acceptors (Lipinski definition) is 2.